The minimum absolute atomic E-state index is 0.455. The molecule has 0 aromatic rings. The molecule has 4 nitrogen and oxygen atoms in total. The smallest absolute Gasteiger partial charge is 0.323 e. The first-order chi connectivity index (χ1) is 6.84. The second kappa shape index (κ2) is 6.08. The highest BCUT2D eigenvalue weighted by atomic mass is 16.5. The van der Waals surface area contributed by atoms with Crippen molar-refractivity contribution in [1.82, 2.24) is 4.90 Å². The Bertz CT molecular complexity index is 206. The van der Waals surface area contributed by atoms with Gasteiger partial charge < -0.3 is 9.84 Å². The van der Waals surface area contributed by atoms with Crippen molar-refractivity contribution in [3.8, 4) is 0 Å². The van der Waals surface area contributed by atoms with E-state index in [1.54, 1.807) is 14.0 Å². The molecule has 0 heterocycles. The number of aliphatic carboxylic acids is 1. The Kier molecular flexibility index (Phi) is 5.83. The highest BCUT2D eigenvalue weighted by Gasteiger charge is 2.37. The maximum Gasteiger partial charge on any atom is 0.323 e. The molecule has 15 heavy (non-hydrogen) atoms. The van der Waals surface area contributed by atoms with E-state index in [9.17, 15) is 9.90 Å². The minimum Gasteiger partial charge on any atom is -0.480 e. The summed E-state index contributed by atoms with van der Waals surface area (Å²) in [7, 11) is 3.44. The fraction of sp³-hybridized carbons (Fsp3) is 0.909. The number of carboxylic acids is 1. The van der Waals surface area contributed by atoms with Crippen LogP contribution in [-0.4, -0.2) is 48.8 Å². The van der Waals surface area contributed by atoms with Gasteiger partial charge in [0, 0.05) is 20.3 Å². The predicted octanol–water partition coefficient (Wildman–Crippen LogP) is 1.45. The Labute approximate surface area is 92.2 Å². The SMILES string of the molecule is COCCC(C)(C(=O)O)N(C)CC(C)C. The van der Waals surface area contributed by atoms with Crippen molar-refractivity contribution in [2.24, 2.45) is 5.92 Å². The lowest BCUT2D eigenvalue weighted by atomic mass is 9.95. The van der Waals surface area contributed by atoms with Gasteiger partial charge in [-0.05, 0) is 26.3 Å². The molecule has 1 unspecified atom stereocenters. The molecular formula is C11H23NO3. The van der Waals surface area contributed by atoms with Crippen LogP contribution < -0.4 is 0 Å². The van der Waals surface area contributed by atoms with Crippen LogP contribution in [0.1, 0.15) is 27.2 Å². The van der Waals surface area contributed by atoms with Crippen molar-refractivity contribution >= 4 is 5.97 Å². The van der Waals surface area contributed by atoms with Crippen LogP contribution >= 0.6 is 0 Å². The van der Waals surface area contributed by atoms with Crippen molar-refractivity contribution in [2.45, 2.75) is 32.7 Å². The molecule has 4 heteroatoms. The van der Waals surface area contributed by atoms with Crippen molar-refractivity contribution in [3.63, 3.8) is 0 Å². The van der Waals surface area contributed by atoms with Gasteiger partial charge in [0.25, 0.3) is 0 Å². The van der Waals surface area contributed by atoms with E-state index in [2.05, 4.69) is 13.8 Å². The summed E-state index contributed by atoms with van der Waals surface area (Å²) in [5.41, 5.74) is -0.833. The first-order valence-corrected chi connectivity index (χ1v) is 5.28. The van der Waals surface area contributed by atoms with Gasteiger partial charge >= 0.3 is 5.97 Å². The lowest BCUT2D eigenvalue weighted by molar-refractivity contribution is -0.151. The average molecular weight is 217 g/mol. The van der Waals surface area contributed by atoms with Crippen LogP contribution in [0, 0.1) is 5.92 Å². The summed E-state index contributed by atoms with van der Waals surface area (Å²) in [4.78, 5) is 13.1. The monoisotopic (exact) mass is 217 g/mol. The van der Waals surface area contributed by atoms with Gasteiger partial charge in [0.2, 0.25) is 0 Å². The number of likely N-dealkylation sites (N-methyl/N-ethyl adjacent to an activating group) is 1. The summed E-state index contributed by atoms with van der Waals surface area (Å²) in [5.74, 6) is -0.334. The van der Waals surface area contributed by atoms with Crippen LogP contribution in [0.25, 0.3) is 0 Å². The molecule has 0 aromatic heterocycles. The summed E-state index contributed by atoms with van der Waals surface area (Å²) in [6, 6.07) is 0. The maximum absolute atomic E-state index is 11.3. The molecule has 0 rings (SSSR count). The zero-order chi connectivity index (χ0) is 12.1. The highest BCUT2D eigenvalue weighted by molar-refractivity contribution is 5.78. The number of rotatable bonds is 7. The number of hydrogen-bond donors (Lipinski definition) is 1. The van der Waals surface area contributed by atoms with E-state index in [4.69, 9.17) is 4.74 Å². The Morgan fingerprint density at radius 1 is 1.53 bits per heavy atom. The number of hydrogen-bond acceptors (Lipinski definition) is 3. The standard InChI is InChI=1S/C11H23NO3/c1-9(2)8-12(4)11(3,10(13)14)6-7-15-5/h9H,6-8H2,1-5H3,(H,13,14). The number of ether oxygens (including phenoxy) is 1. The number of carboxylic acid groups (broad SMARTS) is 1. The quantitative estimate of drug-likeness (QED) is 0.701. The number of carbonyl (C=O) groups is 1. The molecule has 0 amide bonds. The summed E-state index contributed by atoms with van der Waals surface area (Å²) < 4.78 is 4.95. The average Bonchev–Trinajstić information content (AvgIpc) is 2.12. The van der Waals surface area contributed by atoms with Gasteiger partial charge in [-0.15, -0.1) is 0 Å². The molecule has 90 valence electrons. The molecule has 0 fully saturated rings. The minimum atomic E-state index is -0.833. The third kappa shape index (κ3) is 4.18. The molecule has 0 aliphatic rings. The van der Waals surface area contributed by atoms with E-state index in [1.165, 1.54) is 0 Å². The predicted molar refractivity (Wildman–Crippen MR) is 60.0 cm³/mol. The summed E-state index contributed by atoms with van der Waals surface area (Å²) in [6.07, 6.45) is 0.502. The second-order valence-electron chi connectivity index (χ2n) is 4.60. The van der Waals surface area contributed by atoms with Crippen molar-refractivity contribution in [1.29, 1.82) is 0 Å². The zero-order valence-corrected chi connectivity index (χ0v) is 10.4. The van der Waals surface area contributed by atoms with Gasteiger partial charge in [0.05, 0.1) is 0 Å². The normalized spacial score (nSPS) is 15.7. The third-order valence-corrected chi connectivity index (χ3v) is 2.74. The molecule has 1 atom stereocenters. The van der Waals surface area contributed by atoms with E-state index in [0.29, 0.717) is 18.9 Å². The first-order valence-electron chi connectivity index (χ1n) is 5.28. The maximum atomic E-state index is 11.3. The molecule has 0 spiro atoms. The van der Waals surface area contributed by atoms with Crippen LogP contribution in [0.3, 0.4) is 0 Å². The summed E-state index contributed by atoms with van der Waals surface area (Å²) >= 11 is 0. The zero-order valence-electron chi connectivity index (χ0n) is 10.4. The lowest BCUT2D eigenvalue weighted by Crippen LogP contribution is -2.52. The van der Waals surface area contributed by atoms with E-state index >= 15 is 0 Å². The van der Waals surface area contributed by atoms with Crippen LogP contribution in [0.5, 0.6) is 0 Å². The van der Waals surface area contributed by atoms with Gasteiger partial charge in [-0.25, -0.2) is 0 Å². The molecule has 0 aliphatic carbocycles. The fourth-order valence-electron chi connectivity index (χ4n) is 1.51. The summed E-state index contributed by atoms with van der Waals surface area (Å²) in [5, 5.41) is 9.25. The van der Waals surface area contributed by atoms with Crippen molar-refractivity contribution < 1.29 is 14.6 Å². The molecule has 0 aliphatic heterocycles. The topological polar surface area (TPSA) is 49.8 Å². The molecule has 0 aromatic carbocycles. The van der Waals surface area contributed by atoms with Crippen LogP contribution in [0.4, 0.5) is 0 Å². The van der Waals surface area contributed by atoms with E-state index in [-0.39, 0.29) is 0 Å². The van der Waals surface area contributed by atoms with Crippen molar-refractivity contribution in [2.75, 3.05) is 27.3 Å². The summed E-state index contributed by atoms with van der Waals surface area (Å²) in [6.45, 7) is 7.14. The van der Waals surface area contributed by atoms with Gasteiger partial charge in [-0.2, -0.15) is 0 Å². The fourth-order valence-corrected chi connectivity index (χ4v) is 1.51. The van der Waals surface area contributed by atoms with Gasteiger partial charge in [0.1, 0.15) is 5.54 Å². The van der Waals surface area contributed by atoms with Gasteiger partial charge in [-0.1, -0.05) is 13.8 Å². The Hall–Kier alpha value is -0.610. The third-order valence-electron chi connectivity index (χ3n) is 2.74. The molecule has 0 radical (unpaired) electrons. The van der Waals surface area contributed by atoms with Gasteiger partial charge in [-0.3, -0.25) is 9.69 Å². The van der Waals surface area contributed by atoms with E-state index in [1.807, 2.05) is 11.9 Å². The molecule has 0 saturated heterocycles. The number of methoxy groups -OCH3 is 1. The Morgan fingerprint density at radius 3 is 2.40 bits per heavy atom. The van der Waals surface area contributed by atoms with E-state index < -0.39 is 11.5 Å². The van der Waals surface area contributed by atoms with Crippen LogP contribution in [0.15, 0.2) is 0 Å². The largest absolute Gasteiger partial charge is 0.480 e. The Balaban J connectivity index is 4.54. The highest BCUT2D eigenvalue weighted by Crippen LogP contribution is 2.19. The first kappa shape index (κ1) is 14.4. The van der Waals surface area contributed by atoms with Crippen molar-refractivity contribution in [3.05, 3.63) is 0 Å². The van der Waals surface area contributed by atoms with Crippen LogP contribution in [-0.2, 0) is 9.53 Å². The lowest BCUT2D eigenvalue weighted by Gasteiger charge is -2.36. The van der Waals surface area contributed by atoms with E-state index in [0.717, 1.165) is 6.54 Å². The number of nitrogens with zero attached hydrogens (tertiary/aromatic N) is 1. The molecular weight excluding hydrogens is 194 g/mol. The van der Waals surface area contributed by atoms with Crippen LogP contribution in [0.2, 0.25) is 0 Å². The second-order valence-corrected chi connectivity index (χ2v) is 4.60. The molecule has 1 N–H and O–H groups in total. The molecule has 0 saturated carbocycles. The molecule has 0 bridgehead atoms. The van der Waals surface area contributed by atoms with Gasteiger partial charge in [0.15, 0.2) is 0 Å². The Morgan fingerprint density at radius 2 is 2.07 bits per heavy atom.